The van der Waals surface area contributed by atoms with Gasteiger partial charge in [0.05, 0.1) is 0 Å². The van der Waals surface area contributed by atoms with Crippen molar-refractivity contribution in [3.63, 3.8) is 0 Å². The van der Waals surface area contributed by atoms with E-state index in [0.717, 1.165) is 6.42 Å². The minimum atomic E-state index is -0.373. The second-order valence-corrected chi connectivity index (χ2v) is 4.71. The van der Waals surface area contributed by atoms with Gasteiger partial charge in [0.15, 0.2) is 0 Å². The largest absolute Gasteiger partial charge is 0.368 e. The zero-order chi connectivity index (χ0) is 14.8. The molecule has 1 atom stereocenters. The van der Waals surface area contributed by atoms with E-state index in [1.54, 1.807) is 30.2 Å². The fourth-order valence-electron chi connectivity index (χ4n) is 2.39. The maximum absolute atomic E-state index is 11.5. The molecule has 3 N–H and O–H groups in total. The standard InChI is InChI=1S/C12H16N8O/c1-14-10-16-11(19-6-2-4-8(19)9(13)21)18-12(17-10)20-7-3-5-15-20/h3,5,7-8H,2,4,6H2,1H3,(H2,13,21)(H,14,16,17,18). The van der Waals surface area contributed by atoms with Crippen LogP contribution < -0.4 is 16.0 Å². The molecule has 2 aromatic heterocycles. The Balaban J connectivity index is 2.02. The molecule has 3 heterocycles. The normalized spacial score (nSPS) is 18.0. The summed E-state index contributed by atoms with van der Waals surface area (Å²) in [5.74, 6) is 0.880. The van der Waals surface area contributed by atoms with Crippen LogP contribution in [-0.4, -0.2) is 50.3 Å². The Morgan fingerprint density at radius 3 is 2.86 bits per heavy atom. The Morgan fingerprint density at radius 2 is 2.19 bits per heavy atom. The minimum Gasteiger partial charge on any atom is -0.368 e. The fraction of sp³-hybridized carbons (Fsp3) is 0.417. The molecule has 2 aromatic rings. The summed E-state index contributed by atoms with van der Waals surface area (Å²) in [5.41, 5.74) is 5.44. The van der Waals surface area contributed by atoms with Crippen molar-refractivity contribution in [3.05, 3.63) is 18.5 Å². The number of nitrogens with zero attached hydrogens (tertiary/aromatic N) is 6. The maximum Gasteiger partial charge on any atom is 0.257 e. The summed E-state index contributed by atoms with van der Waals surface area (Å²) < 4.78 is 1.54. The van der Waals surface area contributed by atoms with E-state index in [1.165, 1.54) is 0 Å². The minimum absolute atomic E-state index is 0.362. The van der Waals surface area contributed by atoms with Crippen molar-refractivity contribution < 1.29 is 4.79 Å². The smallest absolute Gasteiger partial charge is 0.257 e. The molecule has 1 aliphatic rings. The highest BCUT2D eigenvalue weighted by Gasteiger charge is 2.31. The van der Waals surface area contributed by atoms with Gasteiger partial charge in [0.1, 0.15) is 6.04 Å². The quantitative estimate of drug-likeness (QED) is 0.783. The van der Waals surface area contributed by atoms with Gasteiger partial charge in [0, 0.05) is 26.0 Å². The van der Waals surface area contributed by atoms with E-state index in [1.807, 2.05) is 4.90 Å². The van der Waals surface area contributed by atoms with E-state index in [4.69, 9.17) is 5.73 Å². The lowest BCUT2D eigenvalue weighted by Gasteiger charge is -2.22. The molecule has 1 amide bonds. The molecule has 1 fully saturated rings. The van der Waals surface area contributed by atoms with E-state index in [-0.39, 0.29) is 11.9 Å². The maximum atomic E-state index is 11.5. The van der Waals surface area contributed by atoms with E-state index >= 15 is 0 Å². The summed E-state index contributed by atoms with van der Waals surface area (Å²) in [6.07, 6.45) is 4.98. The van der Waals surface area contributed by atoms with Crippen LogP contribution in [0.2, 0.25) is 0 Å². The van der Waals surface area contributed by atoms with E-state index in [0.29, 0.717) is 30.8 Å². The van der Waals surface area contributed by atoms with Crippen LogP contribution in [0.5, 0.6) is 0 Å². The van der Waals surface area contributed by atoms with Gasteiger partial charge in [-0.3, -0.25) is 4.79 Å². The lowest BCUT2D eigenvalue weighted by Crippen LogP contribution is -2.41. The summed E-state index contributed by atoms with van der Waals surface area (Å²) >= 11 is 0. The van der Waals surface area contributed by atoms with Gasteiger partial charge >= 0.3 is 0 Å². The summed E-state index contributed by atoms with van der Waals surface area (Å²) in [4.78, 5) is 26.3. The van der Waals surface area contributed by atoms with Crippen LogP contribution in [0.3, 0.4) is 0 Å². The average Bonchev–Trinajstić information content (AvgIpc) is 3.17. The SMILES string of the molecule is CNc1nc(N2CCCC2C(N)=O)nc(-n2cccn2)n1. The van der Waals surface area contributed by atoms with Crippen molar-refractivity contribution in [1.82, 2.24) is 24.7 Å². The van der Waals surface area contributed by atoms with E-state index < -0.39 is 0 Å². The second-order valence-electron chi connectivity index (χ2n) is 4.71. The number of hydrogen-bond donors (Lipinski definition) is 2. The second kappa shape index (κ2) is 5.35. The molecule has 3 rings (SSSR count). The zero-order valence-electron chi connectivity index (χ0n) is 11.6. The number of aromatic nitrogens is 5. The van der Waals surface area contributed by atoms with E-state index in [2.05, 4.69) is 25.4 Å². The highest BCUT2D eigenvalue weighted by molar-refractivity contribution is 5.83. The molecule has 1 aliphatic heterocycles. The highest BCUT2D eigenvalue weighted by Crippen LogP contribution is 2.23. The zero-order valence-corrected chi connectivity index (χ0v) is 11.6. The van der Waals surface area contributed by atoms with Crippen LogP contribution in [0.1, 0.15) is 12.8 Å². The summed E-state index contributed by atoms with van der Waals surface area (Å²) in [7, 11) is 1.72. The van der Waals surface area contributed by atoms with Gasteiger partial charge in [-0.15, -0.1) is 0 Å². The van der Waals surface area contributed by atoms with Crippen molar-refractivity contribution in [2.24, 2.45) is 5.73 Å². The molecular weight excluding hydrogens is 272 g/mol. The number of nitrogens with one attached hydrogen (secondary N) is 1. The Labute approximate surface area is 121 Å². The van der Waals surface area contributed by atoms with Crippen molar-refractivity contribution in [3.8, 4) is 5.95 Å². The van der Waals surface area contributed by atoms with Crippen LogP contribution in [0.15, 0.2) is 18.5 Å². The number of nitrogens with two attached hydrogens (primary N) is 1. The molecular formula is C12H16N8O. The molecule has 0 radical (unpaired) electrons. The van der Waals surface area contributed by atoms with Gasteiger partial charge in [-0.1, -0.05) is 0 Å². The van der Waals surface area contributed by atoms with Crippen LogP contribution in [-0.2, 0) is 4.79 Å². The molecule has 110 valence electrons. The third-order valence-corrected chi connectivity index (χ3v) is 3.38. The lowest BCUT2D eigenvalue weighted by atomic mass is 10.2. The lowest BCUT2D eigenvalue weighted by molar-refractivity contribution is -0.119. The molecule has 0 saturated carbocycles. The number of amides is 1. The number of hydrogen-bond acceptors (Lipinski definition) is 7. The van der Waals surface area contributed by atoms with E-state index in [9.17, 15) is 4.79 Å². The molecule has 9 heteroatoms. The monoisotopic (exact) mass is 288 g/mol. The average molecular weight is 288 g/mol. The number of anilines is 2. The molecule has 0 aromatic carbocycles. The molecule has 9 nitrogen and oxygen atoms in total. The molecule has 1 unspecified atom stereocenters. The van der Waals surface area contributed by atoms with Crippen LogP contribution >= 0.6 is 0 Å². The Morgan fingerprint density at radius 1 is 1.38 bits per heavy atom. The Bertz CT molecular complexity index is 641. The van der Waals surface area contributed by atoms with Crippen molar-refractivity contribution in [2.45, 2.75) is 18.9 Å². The molecule has 0 spiro atoms. The number of rotatable bonds is 4. The third kappa shape index (κ3) is 2.49. The Hall–Kier alpha value is -2.71. The van der Waals surface area contributed by atoms with Gasteiger partial charge in [0.2, 0.25) is 17.8 Å². The van der Waals surface area contributed by atoms with Gasteiger partial charge in [0.25, 0.3) is 5.95 Å². The predicted molar refractivity (Wildman–Crippen MR) is 76.1 cm³/mol. The first-order chi connectivity index (χ1) is 10.2. The molecule has 1 saturated heterocycles. The van der Waals surface area contributed by atoms with Gasteiger partial charge < -0.3 is 16.0 Å². The number of primary amides is 1. The number of carbonyl (C=O) groups excluding carboxylic acids is 1. The van der Waals surface area contributed by atoms with Gasteiger partial charge in [-0.05, 0) is 18.9 Å². The van der Waals surface area contributed by atoms with Crippen LogP contribution in [0.25, 0.3) is 5.95 Å². The predicted octanol–water partition coefficient (Wildman–Crippen LogP) is -0.447. The third-order valence-electron chi connectivity index (χ3n) is 3.38. The molecule has 21 heavy (non-hydrogen) atoms. The van der Waals surface area contributed by atoms with Crippen molar-refractivity contribution in [1.29, 1.82) is 0 Å². The van der Waals surface area contributed by atoms with Crippen molar-refractivity contribution >= 4 is 17.8 Å². The Kier molecular flexibility index (Phi) is 3.38. The number of carbonyl (C=O) groups is 1. The first kappa shape index (κ1) is 13.3. The summed E-state index contributed by atoms with van der Waals surface area (Å²) in [6, 6.07) is 1.41. The van der Waals surface area contributed by atoms with Crippen LogP contribution in [0, 0.1) is 0 Å². The van der Waals surface area contributed by atoms with Gasteiger partial charge in [-0.2, -0.15) is 20.1 Å². The first-order valence-corrected chi connectivity index (χ1v) is 6.69. The van der Waals surface area contributed by atoms with Crippen LogP contribution in [0.4, 0.5) is 11.9 Å². The van der Waals surface area contributed by atoms with Crippen molar-refractivity contribution in [2.75, 3.05) is 23.8 Å². The fourth-order valence-corrected chi connectivity index (χ4v) is 2.39. The molecule has 0 aliphatic carbocycles. The first-order valence-electron chi connectivity index (χ1n) is 6.69. The van der Waals surface area contributed by atoms with Gasteiger partial charge in [-0.25, -0.2) is 4.68 Å². The molecule has 0 bridgehead atoms. The topological polar surface area (TPSA) is 115 Å². The highest BCUT2D eigenvalue weighted by atomic mass is 16.1. The summed E-state index contributed by atoms with van der Waals surface area (Å²) in [5, 5.41) is 7.00. The summed E-state index contributed by atoms with van der Waals surface area (Å²) in [6.45, 7) is 0.694.